The molecule has 0 bridgehead atoms. The zero-order chi connectivity index (χ0) is 16.7. The molecule has 1 atom stereocenters. The molecule has 2 N–H and O–H groups in total. The number of hydrogen-bond acceptors (Lipinski definition) is 3. The van der Waals surface area contributed by atoms with Gasteiger partial charge in [-0.2, -0.15) is 0 Å². The fourth-order valence-electron chi connectivity index (χ4n) is 2.48. The van der Waals surface area contributed by atoms with Gasteiger partial charge in [-0.3, -0.25) is 4.79 Å². The molecule has 2 rings (SSSR count). The maximum atomic E-state index is 12.1. The number of carbonyl (C=O) groups excluding carboxylic acids is 1. The third-order valence-electron chi connectivity index (χ3n) is 4.20. The number of rotatable bonds is 8. The number of aliphatic hydroxyl groups is 1. The first kappa shape index (κ1) is 17.3. The average molecular weight is 315 g/mol. The number of aliphatic hydroxyl groups excluding tert-OH is 1. The Kier molecular flexibility index (Phi) is 5.99. The van der Waals surface area contributed by atoms with E-state index in [2.05, 4.69) is 5.32 Å². The second-order valence-electron chi connectivity index (χ2n) is 6.07. The molecule has 1 aromatic carbocycles. The normalized spacial score (nSPS) is 13.5. The number of benzene rings is 1. The molecule has 23 heavy (non-hydrogen) atoms. The van der Waals surface area contributed by atoms with Crippen LogP contribution in [0.15, 0.2) is 46.9 Å². The van der Waals surface area contributed by atoms with Crippen LogP contribution >= 0.6 is 0 Å². The van der Waals surface area contributed by atoms with Gasteiger partial charge in [-0.05, 0) is 31.9 Å². The molecule has 0 aliphatic carbocycles. The monoisotopic (exact) mass is 315 g/mol. The molecule has 4 heteroatoms. The molecule has 1 unspecified atom stereocenters. The Bertz CT molecular complexity index is 621. The summed E-state index contributed by atoms with van der Waals surface area (Å²) in [5.41, 5.74) is 0.689. The first-order chi connectivity index (χ1) is 11.1. The summed E-state index contributed by atoms with van der Waals surface area (Å²) in [5, 5.41) is 12.1. The topological polar surface area (TPSA) is 62.5 Å². The molecular formula is C19H25NO3. The highest BCUT2D eigenvalue weighted by Gasteiger charge is 2.23. The van der Waals surface area contributed by atoms with Crippen molar-refractivity contribution in [2.24, 2.45) is 0 Å². The lowest BCUT2D eigenvalue weighted by Crippen LogP contribution is -2.46. The third-order valence-corrected chi connectivity index (χ3v) is 4.20. The molecule has 0 spiro atoms. The van der Waals surface area contributed by atoms with Gasteiger partial charge in [0.05, 0.1) is 0 Å². The molecule has 0 aliphatic rings. The summed E-state index contributed by atoms with van der Waals surface area (Å²) in [7, 11) is 0. The van der Waals surface area contributed by atoms with Crippen LogP contribution in [0.4, 0.5) is 0 Å². The molecule has 0 fully saturated rings. The number of amides is 1. The number of aryl methyl sites for hydroxylation is 1. The minimum absolute atomic E-state index is 0.0135. The Balaban J connectivity index is 1.89. The number of nitrogens with one attached hydrogen (secondary N) is 1. The summed E-state index contributed by atoms with van der Waals surface area (Å²) in [4.78, 5) is 12.1. The van der Waals surface area contributed by atoms with Crippen LogP contribution in [0.1, 0.15) is 38.9 Å². The largest absolute Gasteiger partial charge is 0.461 e. The van der Waals surface area contributed by atoms with Crippen LogP contribution < -0.4 is 5.32 Å². The smallest absolute Gasteiger partial charge is 0.220 e. The number of carbonyl (C=O) groups is 1. The lowest BCUT2D eigenvalue weighted by Gasteiger charge is -2.29. The first-order valence-electron chi connectivity index (χ1n) is 8.12. The van der Waals surface area contributed by atoms with E-state index < -0.39 is 0 Å². The second-order valence-corrected chi connectivity index (χ2v) is 6.07. The van der Waals surface area contributed by atoms with E-state index in [1.54, 1.807) is 0 Å². The Morgan fingerprint density at radius 1 is 1.22 bits per heavy atom. The summed E-state index contributed by atoms with van der Waals surface area (Å²) in [6.45, 7) is 4.04. The molecular weight excluding hydrogens is 290 g/mol. The van der Waals surface area contributed by atoms with Crippen molar-refractivity contribution in [1.82, 2.24) is 5.32 Å². The van der Waals surface area contributed by atoms with Crippen molar-refractivity contribution < 1.29 is 14.3 Å². The highest BCUT2D eigenvalue weighted by atomic mass is 16.3. The van der Waals surface area contributed by atoms with Crippen LogP contribution in [0.2, 0.25) is 0 Å². The van der Waals surface area contributed by atoms with Crippen molar-refractivity contribution in [2.75, 3.05) is 6.61 Å². The van der Waals surface area contributed by atoms with Gasteiger partial charge in [0.25, 0.3) is 0 Å². The molecule has 0 saturated carbocycles. The molecule has 4 nitrogen and oxygen atoms in total. The highest BCUT2D eigenvalue weighted by molar-refractivity contribution is 5.77. The Hall–Kier alpha value is -2.07. The zero-order valence-electron chi connectivity index (χ0n) is 13.8. The number of hydrogen-bond donors (Lipinski definition) is 2. The lowest BCUT2D eigenvalue weighted by molar-refractivity contribution is -0.123. The van der Waals surface area contributed by atoms with E-state index in [0.717, 1.165) is 23.5 Å². The Morgan fingerprint density at radius 2 is 1.96 bits per heavy atom. The molecule has 0 radical (unpaired) electrons. The second kappa shape index (κ2) is 7.97. The van der Waals surface area contributed by atoms with Crippen molar-refractivity contribution in [3.63, 3.8) is 0 Å². The van der Waals surface area contributed by atoms with Gasteiger partial charge in [-0.25, -0.2) is 0 Å². The predicted molar refractivity (Wildman–Crippen MR) is 91.0 cm³/mol. The standard InChI is InChI=1S/C19H25NO3/c1-3-19(2,13-14-21)20-18(22)12-10-16-9-11-17(23-16)15-7-5-4-6-8-15/h4-9,11,21H,3,10,12-14H2,1-2H3,(H,20,22). The van der Waals surface area contributed by atoms with E-state index in [9.17, 15) is 4.79 Å². The summed E-state index contributed by atoms with van der Waals surface area (Å²) in [6.07, 6.45) is 2.30. The van der Waals surface area contributed by atoms with Gasteiger partial charge in [0.15, 0.2) is 0 Å². The van der Waals surface area contributed by atoms with Gasteiger partial charge in [0, 0.05) is 30.6 Å². The van der Waals surface area contributed by atoms with Crippen molar-refractivity contribution in [3.8, 4) is 11.3 Å². The minimum Gasteiger partial charge on any atom is -0.461 e. The maximum absolute atomic E-state index is 12.1. The van der Waals surface area contributed by atoms with Gasteiger partial charge in [-0.1, -0.05) is 37.3 Å². The van der Waals surface area contributed by atoms with Crippen molar-refractivity contribution in [3.05, 3.63) is 48.2 Å². The minimum atomic E-state index is -0.343. The molecule has 124 valence electrons. The summed E-state index contributed by atoms with van der Waals surface area (Å²) in [5.74, 6) is 1.61. The number of furan rings is 1. The van der Waals surface area contributed by atoms with Crippen molar-refractivity contribution in [1.29, 1.82) is 0 Å². The summed E-state index contributed by atoms with van der Waals surface area (Å²) in [6, 6.07) is 13.8. The molecule has 1 heterocycles. The van der Waals surface area contributed by atoms with E-state index >= 15 is 0 Å². The summed E-state index contributed by atoms with van der Waals surface area (Å²) >= 11 is 0. The van der Waals surface area contributed by atoms with Crippen LogP contribution in [0.5, 0.6) is 0 Å². The van der Waals surface area contributed by atoms with E-state index in [-0.39, 0.29) is 18.1 Å². The van der Waals surface area contributed by atoms with Crippen LogP contribution in [0.25, 0.3) is 11.3 Å². The van der Waals surface area contributed by atoms with Gasteiger partial charge in [0.2, 0.25) is 5.91 Å². The van der Waals surface area contributed by atoms with Crippen LogP contribution in [-0.2, 0) is 11.2 Å². The average Bonchev–Trinajstić information content (AvgIpc) is 3.03. The fourth-order valence-corrected chi connectivity index (χ4v) is 2.48. The Morgan fingerprint density at radius 3 is 2.61 bits per heavy atom. The molecule has 0 aliphatic heterocycles. The van der Waals surface area contributed by atoms with Crippen molar-refractivity contribution in [2.45, 2.75) is 45.1 Å². The van der Waals surface area contributed by atoms with Gasteiger partial charge in [-0.15, -0.1) is 0 Å². The summed E-state index contributed by atoms with van der Waals surface area (Å²) < 4.78 is 5.80. The molecule has 1 amide bonds. The lowest BCUT2D eigenvalue weighted by atomic mass is 9.94. The molecule has 1 aromatic heterocycles. The highest BCUT2D eigenvalue weighted by Crippen LogP contribution is 2.22. The maximum Gasteiger partial charge on any atom is 0.220 e. The van der Waals surface area contributed by atoms with E-state index in [1.165, 1.54) is 0 Å². The van der Waals surface area contributed by atoms with E-state index in [1.807, 2.05) is 56.3 Å². The van der Waals surface area contributed by atoms with Gasteiger partial charge in [0.1, 0.15) is 11.5 Å². The predicted octanol–water partition coefficient (Wildman–Crippen LogP) is 3.55. The van der Waals surface area contributed by atoms with Crippen LogP contribution in [0.3, 0.4) is 0 Å². The molecule has 0 saturated heterocycles. The van der Waals surface area contributed by atoms with Gasteiger partial charge < -0.3 is 14.8 Å². The van der Waals surface area contributed by atoms with Crippen LogP contribution in [-0.4, -0.2) is 23.2 Å². The van der Waals surface area contributed by atoms with Gasteiger partial charge >= 0.3 is 0 Å². The zero-order valence-corrected chi connectivity index (χ0v) is 13.8. The van der Waals surface area contributed by atoms with E-state index in [0.29, 0.717) is 19.3 Å². The Labute approximate surface area is 137 Å². The quantitative estimate of drug-likeness (QED) is 0.783. The SMILES string of the molecule is CCC(C)(CCO)NC(=O)CCc1ccc(-c2ccccc2)o1. The van der Waals surface area contributed by atoms with Crippen LogP contribution in [0, 0.1) is 0 Å². The molecule has 2 aromatic rings. The third kappa shape index (κ3) is 4.96. The van der Waals surface area contributed by atoms with Crippen molar-refractivity contribution >= 4 is 5.91 Å². The first-order valence-corrected chi connectivity index (χ1v) is 8.12. The van der Waals surface area contributed by atoms with E-state index in [4.69, 9.17) is 9.52 Å². The fraction of sp³-hybridized carbons (Fsp3) is 0.421.